The summed E-state index contributed by atoms with van der Waals surface area (Å²) in [6, 6.07) is 6.60. The van der Waals surface area contributed by atoms with Gasteiger partial charge in [-0.05, 0) is 29.8 Å². The summed E-state index contributed by atoms with van der Waals surface area (Å²) < 4.78 is 46.2. The van der Waals surface area contributed by atoms with Crippen molar-refractivity contribution in [2.75, 3.05) is 7.11 Å². The molecule has 7 heteroatoms. The molecule has 0 unspecified atom stereocenters. The lowest BCUT2D eigenvalue weighted by Crippen LogP contribution is -2.17. The summed E-state index contributed by atoms with van der Waals surface area (Å²) in [4.78, 5) is 14.7. The van der Waals surface area contributed by atoms with Gasteiger partial charge in [0.2, 0.25) is 5.88 Å². The van der Waals surface area contributed by atoms with Gasteiger partial charge in [-0.25, -0.2) is 4.98 Å². The molecule has 0 fully saturated rings. The van der Waals surface area contributed by atoms with Gasteiger partial charge >= 0.3 is 6.36 Å². The largest absolute Gasteiger partial charge is 0.573 e. The summed E-state index contributed by atoms with van der Waals surface area (Å²) in [5.74, 6) is -0.164. The summed E-state index contributed by atoms with van der Waals surface area (Å²) in [5, 5.41) is 0. The molecule has 0 aliphatic heterocycles. The number of methoxy groups -OCH3 is 1. The summed E-state index contributed by atoms with van der Waals surface area (Å²) >= 11 is 0. The maximum absolute atomic E-state index is 12.4. The molecule has 0 amide bonds. The highest BCUT2D eigenvalue weighted by Crippen LogP contribution is 2.35. The first kappa shape index (κ1) is 14.8. The molecular formula is C14H10F3NO3. The first-order valence-corrected chi connectivity index (χ1v) is 5.78. The third-order valence-corrected chi connectivity index (χ3v) is 2.62. The van der Waals surface area contributed by atoms with E-state index < -0.39 is 12.1 Å². The fraction of sp³-hybridized carbons (Fsp3) is 0.143. The van der Waals surface area contributed by atoms with Gasteiger partial charge in [0.25, 0.3) is 0 Å². The van der Waals surface area contributed by atoms with Gasteiger partial charge in [0.15, 0.2) is 0 Å². The molecule has 1 aromatic carbocycles. The van der Waals surface area contributed by atoms with Crippen LogP contribution in [0.25, 0.3) is 11.1 Å². The van der Waals surface area contributed by atoms with Gasteiger partial charge in [0.1, 0.15) is 12.0 Å². The number of halogens is 3. The van der Waals surface area contributed by atoms with Gasteiger partial charge in [0.05, 0.1) is 7.11 Å². The van der Waals surface area contributed by atoms with Crippen LogP contribution in [0.15, 0.2) is 36.5 Å². The van der Waals surface area contributed by atoms with E-state index in [4.69, 9.17) is 4.74 Å². The number of aldehydes is 1. The Labute approximate surface area is 118 Å². The molecule has 0 N–H and O–H groups in total. The SMILES string of the molecule is COc1cc(-c2cc(C=O)ccc2OC(F)(F)F)ccn1. The van der Waals surface area contributed by atoms with Gasteiger partial charge in [-0.3, -0.25) is 4.79 Å². The minimum absolute atomic E-state index is 0.123. The number of aromatic nitrogens is 1. The van der Waals surface area contributed by atoms with Crippen LogP contribution in [0.1, 0.15) is 10.4 Å². The maximum Gasteiger partial charge on any atom is 0.573 e. The van der Waals surface area contributed by atoms with Crippen molar-refractivity contribution in [1.82, 2.24) is 4.98 Å². The topological polar surface area (TPSA) is 48.4 Å². The van der Waals surface area contributed by atoms with Gasteiger partial charge in [-0.1, -0.05) is 0 Å². The third-order valence-electron chi connectivity index (χ3n) is 2.62. The molecule has 0 aliphatic rings. The van der Waals surface area contributed by atoms with Crippen molar-refractivity contribution in [3.05, 3.63) is 42.1 Å². The number of nitrogens with zero attached hydrogens (tertiary/aromatic N) is 1. The highest BCUT2D eigenvalue weighted by molar-refractivity contribution is 5.81. The molecule has 2 rings (SSSR count). The van der Waals surface area contributed by atoms with E-state index in [-0.39, 0.29) is 17.0 Å². The average Bonchev–Trinajstić information content (AvgIpc) is 2.46. The Bertz CT molecular complexity index is 656. The standard InChI is InChI=1S/C14H10F3NO3/c1-20-13-7-10(4-5-18-13)11-6-9(8-19)2-3-12(11)21-14(15,16)17/h2-8H,1H3. The lowest BCUT2D eigenvalue weighted by atomic mass is 10.0. The van der Waals surface area contributed by atoms with Crippen molar-refractivity contribution >= 4 is 6.29 Å². The molecule has 0 atom stereocenters. The van der Waals surface area contributed by atoms with E-state index in [9.17, 15) is 18.0 Å². The Morgan fingerprint density at radius 3 is 2.57 bits per heavy atom. The first-order valence-electron chi connectivity index (χ1n) is 5.78. The molecule has 1 aromatic heterocycles. The molecule has 0 saturated heterocycles. The van der Waals surface area contributed by atoms with Crippen molar-refractivity contribution in [2.45, 2.75) is 6.36 Å². The minimum atomic E-state index is -4.82. The van der Waals surface area contributed by atoms with Crippen LogP contribution in [-0.4, -0.2) is 24.7 Å². The van der Waals surface area contributed by atoms with Crippen LogP contribution in [0.4, 0.5) is 13.2 Å². The van der Waals surface area contributed by atoms with Crippen molar-refractivity contribution in [3.8, 4) is 22.8 Å². The summed E-state index contributed by atoms with van der Waals surface area (Å²) in [7, 11) is 1.39. The maximum atomic E-state index is 12.4. The van der Waals surface area contributed by atoms with Crippen molar-refractivity contribution in [1.29, 1.82) is 0 Å². The smallest absolute Gasteiger partial charge is 0.481 e. The average molecular weight is 297 g/mol. The second-order valence-corrected chi connectivity index (χ2v) is 4.01. The Morgan fingerprint density at radius 2 is 1.95 bits per heavy atom. The van der Waals surface area contributed by atoms with Gasteiger partial charge in [-0.15, -0.1) is 13.2 Å². The Balaban J connectivity index is 2.55. The first-order chi connectivity index (χ1) is 9.93. The number of carbonyl (C=O) groups excluding carboxylic acids is 1. The number of ether oxygens (including phenoxy) is 2. The third kappa shape index (κ3) is 3.71. The Hall–Kier alpha value is -2.57. The normalized spacial score (nSPS) is 11.0. The van der Waals surface area contributed by atoms with Crippen LogP contribution in [0.2, 0.25) is 0 Å². The van der Waals surface area contributed by atoms with E-state index in [1.165, 1.54) is 37.6 Å². The highest BCUT2D eigenvalue weighted by Gasteiger charge is 2.32. The fourth-order valence-electron chi connectivity index (χ4n) is 1.75. The quantitative estimate of drug-likeness (QED) is 0.811. The van der Waals surface area contributed by atoms with Gasteiger partial charge in [0, 0.05) is 23.4 Å². The number of rotatable bonds is 4. The molecule has 0 radical (unpaired) electrons. The molecule has 21 heavy (non-hydrogen) atoms. The molecule has 0 aliphatic carbocycles. The molecule has 0 spiro atoms. The van der Waals surface area contributed by atoms with Crippen LogP contribution in [-0.2, 0) is 0 Å². The van der Waals surface area contributed by atoms with Crippen molar-refractivity contribution in [2.24, 2.45) is 0 Å². The highest BCUT2D eigenvalue weighted by atomic mass is 19.4. The number of alkyl halides is 3. The Morgan fingerprint density at radius 1 is 1.19 bits per heavy atom. The van der Waals surface area contributed by atoms with E-state index in [0.29, 0.717) is 11.8 Å². The number of hydrogen-bond donors (Lipinski definition) is 0. The zero-order valence-electron chi connectivity index (χ0n) is 10.8. The zero-order chi connectivity index (χ0) is 15.5. The van der Waals surface area contributed by atoms with E-state index in [0.717, 1.165) is 6.07 Å². The minimum Gasteiger partial charge on any atom is -0.481 e. The lowest BCUT2D eigenvalue weighted by Gasteiger charge is -2.14. The number of benzene rings is 1. The lowest BCUT2D eigenvalue weighted by molar-refractivity contribution is -0.274. The van der Waals surface area contributed by atoms with Crippen LogP contribution in [0.3, 0.4) is 0 Å². The zero-order valence-corrected chi connectivity index (χ0v) is 10.8. The predicted octanol–water partition coefficient (Wildman–Crippen LogP) is 3.47. The molecular weight excluding hydrogens is 287 g/mol. The van der Waals surface area contributed by atoms with Crippen LogP contribution < -0.4 is 9.47 Å². The van der Waals surface area contributed by atoms with Gasteiger partial charge < -0.3 is 9.47 Å². The van der Waals surface area contributed by atoms with E-state index in [1.807, 2.05) is 0 Å². The molecule has 110 valence electrons. The predicted molar refractivity (Wildman–Crippen MR) is 68.3 cm³/mol. The molecule has 2 aromatic rings. The second kappa shape index (κ2) is 5.82. The number of hydrogen-bond acceptors (Lipinski definition) is 4. The van der Waals surface area contributed by atoms with Crippen LogP contribution in [0, 0.1) is 0 Å². The summed E-state index contributed by atoms with van der Waals surface area (Å²) in [6.45, 7) is 0. The number of carbonyl (C=O) groups is 1. The summed E-state index contributed by atoms with van der Waals surface area (Å²) in [5.41, 5.74) is 0.748. The second-order valence-electron chi connectivity index (χ2n) is 4.01. The van der Waals surface area contributed by atoms with Crippen molar-refractivity contribution in [3.63, 3.8) is 0 Å². The molecule has 0 bridgehead atoms. The van der Waals surface area contributed by atoms with E-state index >= 15 is 0 Å². The fourth-order valence-corrected chi connectivity index (χ4v) is 1.75. The summed E-state index contributed by atoms with van der Waals surface area (Å²) in [6.07, 6.45) is -2.90. The van der Waals surface area contributed by atoms with E-state index in [2.05, 4.69) is 9.72 Å². The van der Waals surface area contributed by atoms with Gasteiger partial charge in [-0.2, -0.15) is 0 Å². The Kier molecular flexibility index (Phi) is 4.11. The molecule has 0 saturated carbocycles. The van der Waals surface area contributed by atoms with Crippen LogP contribution >= 0.6 is 0 Å². The number of pyridine rings is 1. The molecule has 4 nitrogen and oxygen atoms in total. The van der Waals surface area contributed by atoms with E-state index in [1.54, 1.807) is 0 Å². The van der Waals surface area contributed by atoms with Crippen LogP contribution in [0.5, 0.6) is 11.6 Å². The molecule has 1 heterocycles. The van der Waals surface area contributed by atoms with Crippen molar-refractivity contribution < 1.29 is 27.4 Å². The monoisotopic (exact) mass is 297 g/mol.